The highest BCUT2D eigenvalue weighted by molar-refractivity contribution is 7.89. The van der Waals surface area contributed by atoms with Gasteiger partial charge < -0.3 is 25.0 Å². The molecule has 1 fully saturated rings. The lowest BCUT2D eigenvalue weighted by Gasteiger charge is -2.31. The first-order valence-corrected chi connectivity index (χ1v) is 14.1. The number of alkyl halides is 3. The summed E-state index contributed by atoms with van der Waals surface area (Å²) < 4.78 is 63.9. The lowest BCUT2D eigenvalue weighted by molar-refractivity contribution is -0.190. The average molecular weight is 606 g/mol. The summed E-state index contributed by atoms with van der Waals surface area (Å²) in [6, 6.07) is 3.78. The zero-order valence-electron chi connectivity index (χ0n) is 21.1. The van der Waals surface area contributed by atoms with Crippen LogP contribution in [0.1, 0.15) is 31.4 Å². The third-order valence-corrected chi connectivity index (χ3v) is 7.80. The Morgan fingerprint density at radius 2 is 1.90 bits per heavy atom. The van der Waals surface area contributed by atoms with Crippen molar-refractivity contribution in [1.29, 1.82) is 0 Å². The van der Waals surface area contributed by atoms with Gasteiger partial charge in [-0.15, -0.1) is 0 Å². The molecule has 4 atom stereocenters. The van der Waals surface area contributed by atoms with Gasteiger partial charge in [0.2, 0.25) is 15.3 Å². The fourth-order valence-electron chi connectivity index (χ4n) is 4.82. The van der Waals surface area contributed by atoms with E-state index < -0.39 is 46.4 Å². The molecule has 1 aliphatic rings. The largest absolute Gasteiger partial charge is 0.471 e. The second kappa shape index (κ2) is 11.4. The van der Waals surface area contributed by atoms with Crippen LogP contribution in [0.3, 0.4) is 0 Å². The van der Waals surface area contributed by atoms with Crippen molar-refractivity contribution in [2.45, 2.75) is 61.5 Å². The van der Waals surface area contributed by atoms with Gasteiger partial charge in [-0.25, -0.2) is 18.5 Å². The average Bonchev–Trinajstić information content (AvgIpc) is 3.42. The molecule has 4 rings (SSSR count). The maximum atomic E-state index is 13.2. The summed E-state index contributed by atoms with van der Waals surface area (Å²) in [5, 5.41) is 29.5. The molecule has 17 heteroatoms. The minimum atomic E-state index is -5.13. The van der Waals surface area contributed by atoms with E-state index in [1.54, 1.807) is 19.1 Å². The summed E-state index contributed by atoms with van der Waals surface area (Å²) in [4.78, 5) is 25.2. The second-order valence-electron chi connectivity index (χ2n) is 9.38. The number of rotatable bonds is 9. The molecular weight excluding hydrogens is 579 g/mol. The van der Waals surface area contributed by atoms with Crippen LogP contribution < -0.4 is 10.5 Å². The SMILES string of the molecule is CCCN(C(=O)C(F)(F)F)[C@H]1C[C@@H](n2cnc3c(NCCc4ccc(S(N)(=O)=O)cc4)nc(Cl)nc32)[C@H](O)[C@@H]1O. The lowest BCUT2D eigenvalue weighted by Crippen LogP contribution is -2.51. The van der Waals surface area contributed by atoms with E-state index in [-0.39, 0.29) is 46.5 Å². The van der Waals surface area contributed by atoms with Crippen molar-refractivity contribution in [3.8, 4) is 0 Å². The topological polar surface area (TPSA) is 177 Å². The summed E-state index contributed by atoms with van der Waals surface area (Å²) in [5.74, 6) is -1.84. The Balaban J connectivity index is 1.55. The summed E-state index contributed by atoms with van der Waals surface area (Å²) in [6.07, 6.45) is -6.49. The van der Waals surface area contributed by atoms with Gasteiger partial charge in [0.05, 0.1) is 23.3 Å². The number of aliphatic hydroxyl groups excluding tert-OH is 2. The minimum absolute atomic E-state index is 0.0129. The summed E-state index contributed by atoms with van der Waals surface area (Å²) >= 11 is 6.13. The number of carbonyl (C=O) groups excluding carboxylic acids is 1. The lowest BCUT2D eigenvalue weighted by atomic mass is 10.1. The van der Waals surface area contributed by atoms with Gasteiger partial charge in [0.25, 0.3) is 0 Å². The van der Waals surface area contributed by atoms with E-state index in [4.69, 9.17) is 16.7 Å². The number of nitrogens with one attached hydrogen (secondary N) is 1. The first-order valence-electron chi connectivity index (χ1n) is 12.2. The Bertz CT molecular complexity index is 1490. The maximum Gasteiger partial charge on any atom is 0.471 e. The highest BCUT2D eigenvalue weighted by Gasteiger charge is 2.51. The van der Waals surface area contributed by atoms with Crippen molar-refractivity contribution in [1.82, 2.24) is 24.4 Å². The number of halogens is 4. The summed E-state index contributed by atoms with van der Waals surface area (Å²) in [5.41, 5.74) is 1.23. The summed E-state index contributed by atoms with van der Waals surface area (Å²) in [7, 11) is -3.81. The molecular formula is C23H27ClF3N7O5S. The Labute approximate surface area is 232 Å². The van der Waals surface area contributed by atoms with Crippen molar-refractivity contribution in [3.63, 3.8) is 0 Å². The van der Waals surface area contributed by atoms with E-state index in [9.17, 15) is 36.6 Å². The van der Waals surface area contributed by atoms with Crippen molar-refractivity contribution in [3.05, 3.63) is 41.4 Å². The van der Waals surface area contributed by atoms with E-state index in [2.05, 4.69) is 20.3 Å². The van der Waals surface area contributed by atoms with E-state index in [0.29, 0.717) is 17.9 Å². The predicted octanol–water partition coefficient (Wildman–Crippen LogP) is 1.62. The van der Waals surface area contributed by atoms with Crippen LogP contribution >= 0.6 is 11.6 Å². The van der Waals surface area contributed by atoms with Crippen molar-refractivity contribution in [2.24, 2.45) is 5.14 Å². The smallest absolute Gasteiger partial charge is 0.388 e. The van der Waals surface area contributed by atoms with Gasteiger partial charge in [0.1, 0.15) is 12.2 Å². The Morgan fingerprint density at radius 3 is 2.50 bits per heavy atom. The number of carbonyl (C=O) groups is 1. The van der Waals surface area contributed by atoms with Crippen LogP contribution in [0.4, 0.5) is 19.0 Å². The minimum Gasteiger partial charge on any atom is -0.388 e. The van der Waals surface area contributed by atoms with Gasteiger partial charge in [-0.1, -0.05) is 19.1 Å². The highest BCUT2D eigenvalue weighted by Crippen LogP contribution is 2.38. The van der Waals surface area contributed by atoms with Gasteiger partial charge in [0, 0.05) is 13.1 Å². The van der Waals surface area contributed by atoms with Gasteiger partial charge >= 0.3 is 12.1 Å². The molecule has 1 amide bonds. The molecule has 1 aliphatic carbocycles. The zero-order chi connectivity index (χ0) is 29.4. The molecule has 0 unspecified atom stereocenters. The fourth-order valence-corrected chi connectivity index (χ4v) is 5.50. The van der Waals surface area contributed by atoms with Gasteiger partial charge in [-0.3, -0.25) is 4.79 Å². The maximum absolute atomic E-state index is 13.2. The number of primary sulfonamides is 1. The van der Waals surface area contributed by atoms with Gasteiger partial charge in [-0.2, -0.15) is 23.1 Å². The molecule has 0 spiro atoms. The molecule has 0 radical (unpaired) electrons. The van der Waals surface area contributed by atoms with Crippen LogP contribution in [0.5, 0.6) is 0 Å². The molecule has 2 aromatic heterocycles. The Morgan fingerprint density at radius 1 is 1.23 bits per heavy atom. The molecule has 1 aromatic carbocycles. The quantitative estimate of drug-likeness (QED) is 0.264. The zero-order valence-corrected chi connectivity index (χ0v) is 22.7. The molecule has 0 bridgehead atoms. The first-order chi connectivity index (χ1) is 18.7. The van der Waals surface area contributed by atoms with Crippen molar-refractivity contribution < 1.29 is 36.6 Å². The normalized spacial score (nSPS) is 21.6. The van der Waals surface area contributed by atoms with E-state index in [1.807, 2.05) is 0 Å². The van der Waals surface area contributed by atoms with E-state index in [0.717, 1.165) is 5.56 Å². The highest BCUT2D eigenvalue weighted by atomic mass is 35.5. The number of hydrogen-bond acceptors (Lipinski definition) is 9. The number of aromatic nitrogens is 4. The number of sulfonamides is 1. The number of fused-ring (bicyclic) bond motifs is 1. The predicted molar refractivity (Wildman–Crippen MR) is 138 cm³/mol. The van der Waals surface area contributed by atoms with Crippen molar-refractivity contribution >= 4 is 44.5 Å². The Kier molecular flexibility index (Phi) is 8.56. The number of benzene rings is 1. The number of amides is 1. The number of nitrogens with two attached hydrogens (primary N) is 1. The molecule has 12 nitrogen and oxygen atoms in total. The first kappa shape index (κ1) is 29.9. The van der Waals surface area contributed by atoms with Crippen LogP contribution in [0.25, 0.3) is 11.2 Å². The van der Waals surface area contributed by atoms with Gasteiger partial charge in [-0.05, 0) is 48.6 Å². The fraction of sp³-hybridized carbons (Fsp3) is 0.478. The van der Waals surface area contributed by atoms with E-state index >= 15 is 0 Å². The number of imidazole rings is 1. The molecule has 0 saturated heterocycles. The van der Waals surface area contributed by atoms with Crippen LogP contribution in [-0.2, 0) is 21.2 Å². The van der Waals surface area contributed by atoms with Crippen LogP contribution in [0.2, 0.25) is 5.28 Å². The number of hydrogen-bond donors (Lipinski definition) is 4. The third-order valence-electron chi connectivity index (χ3n) is 6.70. The van der Waals surface area contributed by atoms with Crippen molar-refractivity contribution in [2.75, 3.05) is 18.4 Å². The molecule has 218 valence electrons. The number of nitrogens with zero attached hydrogens (tertiary/aromatic N) is 5. The summed E-state index contributed by atoms with van der Waals surface area (Å²) in [6.45, 7) is 1.68. The molecule has 0 aliphatic heterocycles. The number of anilines is 1. The number of aliphatic hydroxyl groups is 2. The van der Waals surface area contributed by atoms with Crippen LogP contribution in [-0.4, -0.2) is 86.5 Å². The van der Waals surface area contributed by atoms with E-state index in [1.165, 1.54) is 23.0 Å². The molecule has 5 N–H and O–H groups in total. The Hall–Kier alpha value is -3.05. The van der Waals surface area contributed by atoms with Crippen LogP contribution in [0, 0.1) is 0 Å². The molecule has 40 heavy (non-hydrogen) atoms. The molecule has 3 aromatic rings. The monoisotopic (exact) mass is 605 g/mol. The van der Waals surface area contributed by atoms with Gasteiger partial charge in [0.15, 0.2) is 17.0 Å². The second-order valence-corrected chi connectivity index (χ2v) is 11.3. The molecule has 2 heterocycles. The van der Waals surface area contributed by atoms with Crippen LogP contribution in [0.15, 0.2) is 35.5 Å². The molecule has 1 saturated carbocycles. The third kappa shape index (κ3) is 6.15. The standard InChI is InChI=1S/C23H27ClF3N7O5S/c1-2-9-33(21(37)23(25,26)27)14-10-15(18(36)17(14)35)34-11-30-16-19(31-22(24)32-20(16)34)29-8-7-12-3-5-13(6-4-12)40(28,38)39/h3-6,11,14-15,17-18,35-36H,2,7-10H2,1H3,(H2,28,38,39)(H,29,31,32)/t14-,15+,17+,18-/m0/s1.